The standard InChI is InChI=1S/C13H18FNO2/c14-12-3-1-11(2-4-12)13(7-15)17-9-10-5-6-16-8-10/h1-4,10,13H,5-9,15H2. The van der Waals surface area contributed by atoms with Crippen molar-refractivity contribution < 1.29 is 13.9 Å². The molecule has 2 rings (SSSR count). The monoisotopic (exact) mass is 239 g/mol. The maximum Gasteiger partial charge on any atom is 0.123 e. The minimum Gasteiger partial charge on any atom is -0.381 e. The van der Waals surface area contributed by atoms with Crippen molar-refractivity contribution in [3.05, 3.63) is 35.6 Å². The summed E-state index contributed by atoms with van der Waals surface area (Å²) in [6.07, 6.45) is 0.886. The molecule has 0 saturated carbocycles. The van der Waals surface area contributed by atoms with Crippen molar-refractivity contribution in [3.63, 3.8) is 0 Å². The summed E-state index contributed by atoms with van der Waals surface area (Å²) in [5, 5.41) is 0. The second kappa shape index (κ2) is 6.10. The molecule has 3 nitrogen and oxygen atoms in total. The molecule has 1 heterocycles. The van der Waals surface area contributed by atoms with Gasteiger partial charge < -0.3 is 15.2 Å². The van der Waals surface area contributed by atoms with E-state index in [1.165, 1.54) is 12.1 Å². The van der Waals surface area contributed by atoms with E-state index in [0.717, 1.165) is 25.2 Å². The van der Waals surface area contributed by atoms with Gasteiger partial charge in [0.2, 0.25) is 0 Å². The highest BCUT2D eigenvalue weighted by molar-refractivity contribution is 5.19. The molecule has 2 unspecified atom stereocenters. The zero-order valence-corrected chi connectivity index (χ0v) is 9.77. The first-order valence-corrected chi connectivity index (χ1v) is 5.94. The fraction of sp³-hybridized carbons (Fsp3) is 0.538. The van der Waals surface area contributed by atoms with Crippen LogP contribution in [0.1, 0.15) is 18.1 Å². The Morgan fingerprint density at radius 2 is 2.18 bits per heavy atom. The van der Waals surface area contributed by atoms with Gasteiger partial charge in [-0.25, -0.2) is 4.39 Å². The van der Waals surface area contributed by atoms with E-state index < -0.39 is 0 Å². The van der Waals surface area contributed by atoms with Crippen LogP contribution in [0.2, 0.25) is 0 Å². The minimum atomic E-state index is -0.242. The number of nitrogens with two attached hydrogens (primary N) is 1. The van der Waals surface area contributed by atoms with Crippen molar-refractivity contribution in [1.82, 2.24) is 0 Å². The maximum absolute atomic E-state index is 12.8. The van der Waals surface area contributed by atoms with Crippen molar-refractivity contribution in [1.29, 1.82) is 0 Å². The third-order valence-electron chi connectivity index (χ3n) is 3.01. The third-order valence-corrected chi connectivity index (χ3v) is 3.01. The summed E-state index contributed by atoms with van der Waals surface area (Å²) < 4.78 is 23.9. The van der Waals surface area contributed by atoms with Crippen LogP contribution in [0.5, 0.6) is 0 Å². The predicted octanol–water partition coefficient (Wildman–Crippen LogP) is 1.88. The summed E-state index contributed by atoms with van der Waals surface area (Å²) in [5.74, 6) is 0.221. The van der Waals surface area contributed by atoms with E-state index in [1.54, 1.807) is 12.1 Å². The smallest absolute Gasteiger partial charge is 0.123 e. The van der Waals surface area contributed by atoms with Crippen molar-refractivity contribution in [3.8, 4) is 0 Å². The van der Waals surface area contributed by atoms with Gasteiger partial charge >= 0.3 is 0 Å². The molecule has 1 saturated heterocycles. The summed E-state index contributed by atoms with van der Waals surface area (Å²) in [6, 6.07) is 6.30. The van der Waals surface area contributed by atoms with Gasteiger partial charge in [-0.3, -0.25) is 0 Å². The van der Waals surface area contributed by atoms with E-state index in [9.17, 15) is 4.39 Å². The van der Waals surface area contributed by atoms with Gasteiger partial charge in [0.1, 0.15) is 5.82 Å². The van der Waals surface area contributed by atoms with Crippen LogP contribution >= 0.6 is 0 Å². The Labute approximate surface area is 101 Å². The topological polar surface area (TPSA) is 44.5 Å². The molecule has 2 atom stereocenters. The Kier molecular flexibility index (Phi) is 4.48. The number of hydrogen-bond acceptors (Lipinski definition) is 3. The number of ether oxygens (including phenoxy) is 2. The zero-order chi connectivity index (χ0) is 12.1. The molecule has 0 spiro atoms. The third kappa shape index (κ3) is 3.49. The molecule has 0 amide bonds. The first-order chi connectivity index (χ1) is 8.29. The minimum absolute atomic E-state index is 0.156. The maximum atomic E-state index is 12.8. The highest BCUT2D eigenvalue weighted by atomic mass is 19.1. The van der Waals surface area contributed by atoms with E-state index in [2.05, 4.69) is 0 Å². The predicted molar refractivity (Wildman–Crippen MR) is 63.1 cm³/mol. The van der Waals surface area contributed by atoms with Gasteiger partial charge in [-0.15, -0.1) is 0 Å². The van der Waals surface area contributed by atoms with Gasteiger partial charge in [-0.1, -0.05) is 12.1 Å². The molecule has 4 heteroatoms. The van der Waals surface area contributed by atoms with E-state index in [1.807, 2.05) is 0 Å². The Morgan fingerprint density at radius 1 is 1.41 bits per heavy atom. The van der Waals surface area contributed by atoms with Crippen LogP contribution in [0.25, 0.3) is 0 Å². The Balaban J connectivity index is 1.89. The summed E-state index contributed by atoms with van der Waals surface area (Å²) in [7, 11) is 0. The van der Waals surface area contributed by atoms with Crippen LogP contribution in [0, 0.1) is 11.7 Å². The van der Waals surface area contributed by atoms with Gasteiger partial charge in [0.05, 0.1) is 19.3 Å². The van der Waals surface area contributed by atoms with Crippen molar-refractivity contribution in [2.24, 2.45) is 11.7 Å². The highest BCUT2D eigenvalue weighted by Crippen LogP contribution is 2.20. The number of rotatable bonds is 5. The molecule has 17 heavy (non-hydrogen) atoms. The lowest BCUT2D eigenvalue weighted by atomic mass is 10.1. The lowest BCUT2D eigenvalue weighted by Crippen LogP contribution is -2.19. The summed E-state index contributed by atoms with van der Waals surface area (Å²) >= 11 is 0. The van der Waals surface area contributed by atoms with Crippen LogP contribution in [0.15, 0.2) is 24.3 Å². The molecule has 1 aliphatic heterocycles. The molecule has 2 N–H and O–H groups in total. The molecule has 1 aromatic carbocycles. The fourth-order valence-corrected chi connectivity index (χ4v) is 1.94. The molecule has 0 bridgehead atoms. The molecular weight excluding hydrogens is 221 g/mol. The van der Waals surface area contributed by atoms with Crippen molar-refractivity contribution >= 4 is 0 Å². The largest absolute Gasteiger partial charge is 0.381 e. The molecule has 1 fully saturated rings. The fourth-order valence-electron chi connectivity index (χ4n) is 1.94. The molecule has 94 valence electrons. The lowest BCUT2D eigenvalue weighted by Gasteiger charge is -2.18. The molecular formula is C13H18FNO2. The molecule has 0 aromatic heterocycles. The summed E-state index contributed by atoms with van der Waals surface area (Å²) in [5.41, 5.74) is 6.60. The zero-order valence-electron chi connectivity index (χ0n) is 9.77. The number of hydrogen-bond donors (Lipinski definition) is 1. The summed E-state index contributed by atoms with van der Waals surface area (Å²) in [4.78, 5) is 0. The summed E-state index contributed by atoms with van der Waals surface area (Å²) in [6.45, 7) is 2.64. The normalized spacial score (nSPS) is 21.6. The second-order valence-electron chi connectivity index (χ2n) is 4.34. The van der Waals surface area contributed by atoms with Crippen LogP contribution in [0.4, 0.5) is 4.39 Å². The molecule has 1 aliphatic rings. The molecule has 0 aliphatic carbocycles. The molecule has 0 radical (unpaired) electrons. The van der Waals surface area contributed by atoms with Crippen LogP contribution in [-0.4, -0.2) is 26.4 Å². The Bertz CT molecular complexity index is 336. The van der Waals surface area contributed by atoms with Crippen molar-refractivity contribution in [2.75, 3.05) is 26.4 Å². The van der Waals surface area contributed by atoms with Gasteiger partial charge in [-0.2, -0.15) is 0 Å². The van der Waals surface area contributed by atoms with Gasteiger partial charge in [0, 0.05) is 19.1 Å². The number of benzene rings is 1. The second-order valence-corrected chi connectivity index (χ2v) is 4.34. The average molecular weight is 239 g/mol. The van der Waals surface area contributed by atoms with E-state index in [4.69, 9.17) is 15.2 Å². The van der Waals surface area contributed by atoms with Crippen molar-refractivity contribution in [2.45, 2.75) is 12.5 Å². The average Bonchev–Trinajstić information content (AvgIpc) is 2.85. The Morgan fingerprint density at radius 3 is 2.76 bits per heavy atom. The highest BCUT2D eigenvalue weighted by Gasteiger charge is 2.18. The lowest BCUT2D eigenvalue weighted by molar-refractivity contribution is 0.0301. The van der Waals surface area contributed by atoms with Gasteiger partial charge in [0.25, 0.3) is 0 Å². The van der Waals surface area contributed by atoms with Gasteiger partial charge in [0.15, 0.2) is 0 Å². The SMILES string of the molecule is NCC(OCC1CCOC1)c1ccc(F)cc1. The molecule has 1 aromatic rings. The van der Waals surface area contributed by atoms with E-state index >= 15 is 0 Å². The first kappa shape index (κ1) is 12.5. The quantitative estimate of drug-likeness (QED) is 0.853. The van der Waals surface area contributed by atoms with Gasteiger partial charge in [-0.05, 0) is 24.1 Å². The van der Waals surface area contributed by atoms with E-state index in [0.29, 0.717) is 19.1 Å². The Hall–Kier alpha value is -0.970. The van der Waals surface area contributed by atoms with E-state index in [-0.39, 0.29) is 11.9 Å². The first-order valence-electron chi connectivity index (χ1n) is 5.94. The number of halogens is 1. The van der Waals surface area contributed by atoms with Crippen LogP contribution in [-0.2, 0) is 9.47 Å². The van der Waals surface area contributed by atoms with Crippen LogP contribution < -0.4 is 5.73 Å². The van der Waals surface area contributed by atoms with Crippen LogP contribution in [0.3, 0.4) is 0 Å².